The Balaban J connectivity index is 1.20. The van der Waals surface area contributed by atoms with Crippen molar-refractivity contribution in [3.63, 3.8) is 0 Å². The first kappa shape index (κ1) is 30.2. The van der Waals surface area contributed by atoms with E-state index in [0.717, 1.165) is 23.2 Å². The summed E-state index contributed by atoms with van der Waals surface area (Å²) in [5.74, 6) is -0.497. The lowest BCUT2D eigenvalue weighted by atomic mass is 10.0. The van der Waals surface area contributed by atoms with Gasteiger partial charge in [-0.1, -0.05) is 42.5 Å². The minimum Gasteiger partial charge on any atom is -0.384 e. The third kappa shape index (κ3) is 6.44. The Labute approximate surface area is 270 Å². The fourth-order valence-electron chi connectivity index (χ4n) is 5.66. The molecule has 11 heteroatoms. The van der Waals surface area contributed by atoms with Gasteiger partial charge >= 0.3 is 0 Å². The molecule has 4 heterocycles. The van der Waals surface area contributed by atoms with Crippen molar-refractivity contribution in [2.75, 3.05) is 32.5 Å². The van der Waals surface area contributed by atoms with E-state index in [1.807, 2.05) is 62.6 Å². The van der Waals surface area contributed by atoms with Crippen molar-refractivity contribution in [1.29, 1.82) is 0 Å². The van der Waals surface area contributed by atoms with E-state index in [1.165, 1.54) is 17.7 Å². The molecule has 236 valence electrons. The average molecular weight is 630 g/mol. The SMILES string of the molecule is CN(C)CCNc1cc(F)cc(-c2cccc3[nH]c(-c4n[nH]c5cnc(-c6cncc(CNCc7ccccc7)c6)c(F)c45)nc23)c1. The normalized spacial score (nSPS) is 11.6. The van der Waals surface area contributed by atoms with Crippen LogP contribution in [0.3, 0.4) is 0 Å². The van der Waals surface area contributed by atoms with Crippen LogP contribution in [-0.2, 0) is 13.1 Å². The minimum atomic E-state index is -0.526. The van der Waals surface area contributed by atoms with E-state index in [1.54, 1.807) is 18.6 Å². The maximum absolute atomic E-state index is 16.3. The summed E-state index contributed by atoms with van der Waals surface area (Å²) in [6.07, 6.45) is 4.93. The number of aromatic nitrogens is 6. The van der Waals surface area contributed by atoms with Gasteiger partial charge in [0, 0.05) is 55.4 Å². The number of rotatable bonds is 11. The van der Waals surface area contributed by atoms with Gasteiger partial charge in [0.05, 0.1) is 28.1 Å². The lowest BCUT2D eigenvalue weighted by molar-refractivity contribution is 0.425. The van der Waals surface area contributed by atoms with Gasteiger partial charge in [0.1, 0.15) is 17.2 Å². The molecule has 7 rings (SSSR count). The van der Waals surface area contributed by atoms with Gasteiger partial charge in [-0.25, -0.2) is 13.8 Å². The number of imidazole rings is 1. The number of nitrogens with one attached hydrogen (secondary N) is 4. The molecular weight excluding hydrogens is 596 g/mol. The molecule has 0 fully saturated rings. The smallest absolute Gasteiger partial charge is 0.161 e. The Hall–Kier alpha value is -5.52. The highest BCUT2D eigenvalue weighted by Crippen LogP contribution is 2.35. The second-order valence-electron chi connectivity index (χ2n) is 11.7. The summed E-state index contributed by atoms with van der Waals surface area (Å²) in [7, 11) is 3.98. The molecule has 0 atom stereocenters. The van der Waals surface area contributed by atoms with Crippen LogP contribution in [0, 0.1) is 11.6 Å². The number of anilines is 1. The van der Waals surface area contributed by atoms with Crippen molar-refractivity contribution in [2.24, 2.45) is 0 Å². The minimum absolute atomic E-state index is 0.170. The zero-order valence-electron chi connectivity index (χ0n) is 26.0. The number of nitrogens with zero attached hydrogens (tertiary/aromatic N) is 5. The van der Waals surface area contributed by atoms with Crippen LogP contribution < -0.4 is 10.6 Å². The third-order valence-electron chi connectivity index (χ3n) is 7.95. The molecular formula is C36H33F2N9. The lowest BCUT2D eigenvalue weighted by Gasteiger charge is -2.13. The zero-order chi connectivity index (χ0) is 32.3. The molecule has 7 aromatic rings. The predicted molar refractivity (Wildman–Crippen MR) is 182 cm³/mol. The Morgan fingerprint density at radius 2 is 1.66 bits per heavy atom. The molecule has 0 aliphatic heterocycles. The first-order valence-corrected chi connectivity index (χ1v) is 15.3. The number of para-hydroxylation sites is 1. The quantitative estimate of drug-likeness (QED) is 0.125. The number of hydrogen-bond donors (Lipinski definition) is 4. The van der Waals surface area contributed by atoms with Crippen molar-refractivity contribution >= 4 is 27.6 Å². The maximum Gasteiger partial charge on any atom is 0.161 e. The van der Waals surface area contributed by atoms with E-state index in [0.29, 0.717) is 59.0 Å². The zero-order valence-corrected chi connectivity index (χ0v) is 26.0. The van der Waals surface area contributed by atoms with Crippen LogP contribution in [-0.4, -0.2) is 62.2 Å². The molecule has 0 spiro atoms. The fraction of sp³-hybridized carbons (Fsp3) is 0.167. The molecule has 9 nitrogen and oxygen atoms in total. The van der Waals surface area contributed by atoms with Crippen molar-refractivity contribution in [3.05, 3.63) is 114 Å². The van der Waals surface area contributed by atoms with Crippen molar-refractivity contribution in [3.8, 4) is 33.9 Å². The molecule has 0 saturated carbocycles. The molecule has 0 saturated heterocycles. The summed E-state index contributed by atoms with van der Waals surface area (Å²) in [5.41, 5.74) is 7.01. The van der Waals surface area contributed by atoms with Crippen LogP contribution in [0.4, 0.5) is 14.5 Å². The number of halogens is 2. The van der Waals surface area contributed by atoms with Gasteiger partial charge in [-0.2, -0.15) is 5.10 Å². The Bertz CT molecular complexity index is 2170. The number of H-pyrrole nitrogens is 2. The molecule has 47 heavy (non-hydrogen) atoms. The molecule has 4 aromatic heterocycles. The van der Waals surface area contributed by atoms with Gasteiger partial charge in [-0.3, -0.25) is 15.1 Å². The third-order valence-corrected chi connectivity index (χ3v) is 7.95. The second kappa shape index (κ2) is 13.1. The van der Waals surface area contributed by atoms with Crippen LogP contribution in [0.2, 0.25) is 0 Å². The van der Waals surface area contributed by atoms with E-state index < -0.39 is 5.82 Å². The van der Waals surface area contributed by atoms with Gasteiger partial charge in [-0.15, -0.1) is 0 Å². The Morgan fingerprint density at radius 3 is 2.51 bits per heavy atom. The number of pyridine rings is 2. The maximum atomic E-state index is 16.3. The van der Waals surface area contributed by atoms with Crippen LogP contribution >= 0.6 is 0 Å². The summed E-state index contributed by atoms with van der Waals surface area (Å²) in [5, 5.41) is 14.3. The van der Waals surface area contributed by atoms with Crippen LogP contribution in [0.5, 0.6) is 0 Å². The Morgan fingerprint density at radius 1 is 0.809 bits per heavy atom. The number of likely N-dealkylation sites (N-methyl/N-ethyl adjacent to an activating group) is 1. The largest absolute Gasteiger partial charge is 0.384 e. The number of hydrogen-bond acceptors (Lipinski definition) is 7. The average Bonchev–Trinajstić information content (AvgIpc) is 3.70. The molecule has 0 aliphatic carbocycles. The van der Waals surface area contributed by atoms with Gasteiger partial charge in [0.2, 0.25) is 0 Å². The summed E-state index contributed by atoms with van der Waals surface area (Å²) in [6.45, 7) is 2.75. The summed E-state index contributed by atoms with van der Waals surface area (Å²) >= 11 is 0. The van der Waals surface area contributed by atoms with E-state index >= 15 is 4.39 Å². The molecule has 0 bridgehead atoms. The first-order valence-electron chi connectivity index (χ1n) is 15.3. The van der Waals surface area contributed by atoms with Crippen molar-refractivity contribution in [1.82, 2.24) is 40.3 Å². The highest BCUT2D eigenvalue weighted by Gasteiger charge is 2.21. The van der Waals surface area contributed by atoms with E-state index in [-0.39, 0.29) is 16.9 Å². The van der Waals surface area contributed by atoms with E-state index in [2.05, 4.69) is 52.8 Å². The standard InChI is InChI=1S/C36H33F2N9/c1-47(2)12-11-41-27-15-24(14-26(37)16-27)28-9-6-10-29-34(28)44-36(43-29)35-31-30(45-46-35)21-42-33(32(31)38)25-13-23(19-40-20-25)18-39-17-22-7-4-3-5-8-22/h3-10,13-16,19-21,39,41H,11-12,17-18H2,1-2H3,(H,43,44)(H,45,46). The lowest BCUT2D eigenvalue weighted by Crippen LogP contribution is -2.20. The van der Waals surface area contributed by atoms with Gasteiger partial charge in [-0.05, 0) is 61.1 Å². The van der Waals surface area contributed by atoms with E-state index in [4.69, 9.17) is 4.98 Å². The molecule has 0 unspecified atom stereocenters. The van der Waals surface area contributed by atoms with Crippen LogP contribution in [0.25, 0.3) is 55.8 Å². The van der Waals surface area contributed by atoms with Gasteiger partial charge < -0.3 is 20.5 Å². The van der Waals surface area contributed by atoms with Gasteiger partial charge in [0.15, 0.2) is 11.6 Å². The van der Waals surface area contributed by atoms with Gasteiger partial charge in [0.25, 0.3) is 0 Å². The molecule has 4 N–H and O–H groups in total. The fourth-order valence-corrected chi connectivity index (χ4v) is 5.66. The Kier molecular flexibility index (Phi) is 8.38. The molecule has 0 radical (unpaired) electrons. The summed E-state index contributed by atoms with van der Waals surface area (Å²) in [4.78, 5) is 19.0. The second-order valence-corrected chi connectivity index (χ2v) is 11.7. The van der Waals surface area contributed by atoms with Crippen molar-refractivity contribution in [2.45, 2.75) is 13.1 Å². The number of fused-ring (bicyclic) bond motifs is 2. The number of aromatic amines is 2. The predicted octanol–water partition coefficient (Wildman–Crippen LogP) is 6.77. The first-order chi connectivity index (χ1) is 22.9. The molecule has 0 amide bonds. The topological polar surface area (TPSA) is 110 Å². The van der Waals surface area contributed by atoms with Crippen molar-refractivity contribution < 1.29 is 8.78 Å². The summed E-state index contributed by atoms with van der Waals surface area (Å²) in [6, 6.07) is 22.5. The highest BCUT2D eigenvalue weighted by molar-refractivity contribution is 5.98. The number of benzene rings is 3. The van der Waals surface area contributed by atoms with Crippen LogP contribution in [0.1, 0.15) is 11.1 Å². The molecule has 3 aromatic carbocycles. The molecule has 0 aliphatic rings. The summed E-state index contributed by atoms with van der Waals surface area (Å²) < 4.78 is 31.1. The highest BCUT2D eigenvalue weighted by atomic mass is 19.1. The monoisotopic (exact) mass is 629 g/mol. The van der Waals surface area contributed by atoms with E-state index in [9.17, 15) is 4.39 Å². The van der Waals surface area contributed by atoms with Crippen LogP contribution in [0.15, 0.2) is 91.4 Å².